The molecule has 3 rings (SSSR count). The molecule has 0 amide bonds. The van der Waals surface area contributed by atoms with E-state index in [4.69, 9.17) is 10.7 Å². The van der Waals surface area contributed by atoms with Gasteiger partial charge in [0.05, 0.1) is 17.1 Å². The van der Waals surface area contributed by atoms with Crippen LogP contribution in [-0.4, -0.2) is 14.7 Å². The van der Waals surface area contributed by atoms with Gasteiger partial charge in [0, 0.05) is 6.04 Å². The molecular formula is C18H21N3O. The van der Waals surface area contributed by atoms with Gasteiger partial charge >= 0.3 is 0 Å². The lowest BCUT2D eigenvalue weighted by molar-refractivity contribution is 0.475. The van der Waals surface area contributed by atoms with E-state index in [0.29, 0.717) is 12.5 Å². The number of rotatable bonds is 4. The molecule has 4 nitrogen and oxygen atoms in total. The Hall–Kier alpha value is -2.33. The summed E-state index contributed by atoms with van der Waals surface area (Å²) < 4.78 is 2.21. The summed E-state index contributed by atoms with van der Waals surface area (Å²) in [6.07, 6.45) is 0.691. The van der Waals surface area contributed by atoms with Crippen LogP contribution in [0.4, 0.5) is 0 Å². The third-order valence-electron chi connectivity index (χ3n) is 3.86. The van der Waals surface area contributed by atoms with Crippen LogP contribution in [0, 0.1) is 0 Å². The summed E-state index contributed by atoms with van der Waals surface area (Å²) in [6.45, 7) is 4.29. The third-order valence-corrected chi connectivity index (χ3v) is 3.86. The van der Waals surface area contributed by atoms with Crippen LogP contribution in [0.25, 0.3) is 11.0 Å². The number of hydrogen-bond donors (Lipinski definition) is 2. The molecule has 0 fully saturated rings. The molecule has 0 aliphatic rings. The first-order chi connectivity index (χ1) is 10.6. The van der Waals surface area contributed by atoms with Gasteiger partial charge in [-0.1, -0.05) is 24.3 Å². The first-order valence-electron chi connectivity index (χ1n) is 7.56. The van der Waals surface area contributed by atoms with Gasteiger partial charge in [-0.05, 0) is 50.1 Å². The Balaban J connectivity index is 1.97. The fraction of sp³-hybridized carbons (Fsp3) is 0.278. The number of hydrogen-bond acceptors (Lipinski definition) is 3. The highest BCUT2D eigenvalue weighted by Crippen LogP contribution is 2.26. The van der Waals surface area contributed by atoms with Gasteiger partial charge in [-0.25, -0.2) is 4.98 Å². The van der Waals surface area contributed by atoms with Crippen molar-refractivity contribution in [2.24, 2.45) is 5.73 Å². The highest BCUT2D eigenvalue weighted by molar-refractivity contribution is 5.76. The quantitative estimate of drug-likeness (QED) is 0.773. The van der Waals surface area contributed by atoms with Crippen LogP contribution in [0.3, 0.4) is 0 Å². The van der Waals surface area contributed by atoms with E-state index in [1.54, 1.807) is 12.1 Å². The first kappa shape index (κ1) is 14.6. The standard InChI is InChI=1S/C18H21N3O/c1-12(2)21-17-6-4-3-5-16(17)20-18(21)15(19)11-13-7-9-14(22)10-8-13/h3-10,12,15,22H,11,19H2,1-2H3. The van der Waals surface area contributed by atoms with Gasteiger partial charge in [0.2, 0.25) is 0 Å². The summed E-state index contributed by atoms with van der Waals surface area (Å²) in [4.78, 5) is 4.74. The number of phenols is 1. The minimum Gasteiger partial charge on any atom is -0.508 e. The molecule has 0 saturated carbocycles. The molecule has 114 valence electrons. The molecule has 3 N–H and O–H groups in total. The van der Waals surface area contributed by atoms with Crippen LogP contribution in [-0.2, 0) is 6.42 Å². The number of imidazole rings is 1. The molecule has 22 heavy (non-hydrogen) atoms. The normalized spacial score (nSPS) is 12.9. The van der Waals surface area contributed by atoms with Crippen molar-refractivity contribution in [2.75, 3.05) is 0 Å². The third kappa shape index (κ3) is 2.70. The highest BCUT2D eigenvalue weighted by Gasteiger charge is 2.19. The van der Waals surface area contributed by atoms with Crippen LogP contribution < -0.4 is 5.73 Å². The van der Waals surface area contributed by atoms with Crippen LogP contribution in [0.2, 0.25) is 0 Å². The van der Waals surface area contributed by atoms with E-state index in [2.05, 4.69) is 24.5 Å². The number of nitrogens with two attached hydrogens (primary N) is 1. The Morgan fingerprint density at radius 2 is 1.77 bits per heavy atom. The number of aromatic hydroxyl groups is 1. The van der Waals surface area contributed by atoms with Gasteiger partial charge in [-0.15, -0.1) is 0 Å². The van der Waals surface area contributed by atoms with E-state index >= 15 is 0 Å². The van der Waals surface area contributed by atoms with Crippen molar-refractivity contribution < 1.29 is 5.11 Å². The van der Waals surface area contributed by atoms with Crippen LogP contribution in [0.5, 0.6) is 5.75 Å². The lowest BCUT2D eigenvalue weighted by atomic mass is 10.1. The number of phenolic OH excluding ortho intramolecular Hbond substituents is 1. The van der Waals surface area contributed by atoms with Crippen molar-refractivity contribution in [2.45, 2.75) is 32.4 Å². The largest absolute Gasteiger partial charge is 0.508 e. The summed E-state index contributed by atoms with van der Waals surface area (Å²) >= 11 is 0. The average molecular weight is 295 g/mol. The fourth-order valence-electron chi connectivity index (χ4n) is 2.84. The molecule has 0 radical (unpaired) electrons. The molecule has 0 saturated heterocycles. The summed E-state index contributed by atoms with van der Waals surface area (Å²) in [5.74, 6) is 1.18. The summed E-state index contributed by atoms with van der Waals surface area (Å²) in [6, 6.07) is 15.4. The Morgan fingerprint density at radius 3 is 2.45 bits per heavy atom. The molecule has 1 aromatic heterocycles. The second-order valence-corrected chi connectivity index (χ2v) is 5.90. The lowest BCUT2D eigenvalue weighted by Crippen LogP contribution is -2.20. The molecule has 4 heteroatoms. The summed E-state index contributed by atoms with van der Waals surface area (Å²) in [5.41, 5.74) is 9.61. The maximum absolute atomic E-state index is 9.37. The zero-order valence-electron chi connectivity index (χ0n) is 12.9. The van der Waals surface area contributed by atoms with Crippen molar-refractivity contribution in [1.82, 2.24) is 9.55 Å². The molecular weight excluding hydrogens is 274 g/mol. The van der Waals surface area contributed by atoms with Gasteiger partial charge < -0.3 is 15.4 Å². The fourth-order valence-corrected chi connectivity index (χ4v) is 2.84. The van der Waals surface area contributed by atoms with E-state index in [-0.39, 0.29) is 11.8 Å². The Kier molecular flexibility index (Phi) is 3.86. The minimum atomic E-state index is -0.181. The summed E-state index contributed by atoms with van der Waals surface area (Å²) in [5, 5.41) is 9.37. The zero-order valence-corrected chi connectivity index (χ0v) is 12.9. The smallest absolute Gasteiger partial charge is 0.127 e. The molecule has 0 bridgehead atoms. The highest BCUT2D eigenvalue weighted by atomic mass is 16.3. The predicted octanol–water partition coefficient (Wildman–Crippen LogP) is 3.57. The number of fused-ring (bicyclic) bond motifs is 1. The lowest BCUT2D eigenvalue weighted by Gasteiger charge is -2.17. The van der Waals surface area contributed by atoms with E-state index in [1.807, 2.05) is 30.3 Å². The van der Waals surface area contributed by atoms with E-state index in [9.17, 15) is 5.11 Å². The predicted molar refractivity (Wildman–Crippen MR) is 88.9 cm³/mol. The van der Waals surface area contributed by atoms with Gasteiger partial charge in [0.15, 0.2) is 0 Å². The summed E-state index contributed by atoms with van der Waals surface area (Å²) in [7, 11) is 0. The van der Waals surface area contributed by atoms with Crippen molar-refractivity contribution in [3.05, 3.63) is 59.9 Å². The molecule has 2 aromatic carbocycles. The molecule has 3 aromatic rings. The van der Waals surface area contributed by atoms with Gasteiger partial charge in [-0.3, -0.25) is 0 Å². The van der Waals surface area contributed by atoms with E-state index in [1.165, 1.54) is 0 Å². The molecule has 1 heterocycles. The number of benzene rings is 2. The van der Waals surface area contributed by atoms with E-state index in [0.717, 1.165) is 22.4 Å². The van der Waals surface area contributed by atoms with E-state index < -0.39 is 0 Å². The maximum atomic E-state index is 9.37. The van der Waals surface area contributed by atoms with Crippen LogP contribution in [0.1, 0.15) is 37.3 Å². The van der Waals surface area contributed by atoms with Crippen molar-refractivity contribution >= 4 is 11.0 Å². The molecule has 0 spiro atoms. The number of para-hydroxylation sites is 2. The zero-order chi connectivity index (χ0) is 15.7. The van der Waals surface area contributed by atoms with Gasteiger partial charge in [0.1, 0.15) is 11.6 Å². The SMILES string of the molecule is CC(C)n1c(C(N)Cc2ccc(O)cc2)nc2ccccc21. The molecule has 0 aliphatic carbocycles. The molecule has 1 unspecified atom stereocenters. The van der Waals surface area contributed by atoms with Crippen LogP contribution in [0.15, 0.2) is 48.5 Å². The monoisotopic (exact) mass is 295 g/mol. The maximum Gasteiger partial charge on any atom is 0.127 e. The Labute approximate surface area is 130 Å². The van der Waals surface area contributed by atoms with Crippen molar-refractivity contribution in [1.29, 1.82) is 0 Å². The minimum absolute atomic E-state index is 0.181. The molecule has 0 aliphatic heterocycles. The Morgan fingerprint density at radius 1 is 1.09 bits per heavy atom. The topological polar surface area (TPSA) is 64.1 Å². The number of nitrogens with zero attached hydrogens (tertiary/aromatic N) is 2. The van der Waals surface area contributed by atoms with Crippen molar-refractivity contribution in [3.8, 4) is 5.75 Å². The van der Waals surface area contributed by atoms with Gasteiger partial charge in [-0.2, -0.15) is 0 Å². The number of aromatic nitrogens is 2. The average Bonchev–Trinajstić information content (AvgIpc) is 2.89. The molecule has 1 atom stereocenters. The first-order valence-corrected chi connectivity index (χ1v) is 7.56. The second-order valence-electron chi connectivity index (χ2n) is 5.90. The van der Waals surface area contributed by atoms with Crippen LogP contribution >= 0.6 is 0 Å². The Bertz CT molecular complexity index is 775. The van der Waals surface area contributed by atoms with Crippen molar-refractivity contribution in [3.63, 3.8) is 0 Å². The second kappa shape index (κ2) is 5.81. The van der Waals surface area contributed by atoms with Gasteiger partial charge in [0.25, 0.3) is 0 Å².